The first-order valence-electron chi connectivity index (χ1n) is 7.73. The second-order valence-corrected chi connectivity index (χ2v) is 6.11. The van der Waals surface area contributed by atoms with Crippen molar-refractivity contribution < 1.29 is 9.59 Å². The van der Waals surface area contributed by atoms with Crippen molar-refractivity contribution in [3.05, 3.63) is 59.2 Å². The van der Waals surface area contributed by atoms with Crippen LogP contribution in [0, 0.1) is 20.8 Å². The molecule has 4 heteroatoms. The summed E-state index contributed by atoms with van der Waals surface area (Å²) in [5.74, 6) is -0.360. The minimum absolute atomic E-state index is 0.165. The summed E-state index contributed by atoms with van der Waals surface area (Å²) in [6.45, 7) is 6.02. The van der Waals surface area contributed by atoms with Crippen LogP contribution in [0.25, 0.3) is 0 Å². The van der Waals surface area contributed by atoms with Gasteiger partial charge in [0.2, 0.25) is 5.91 Å². The molecule has 0 unspecified atom stereocenters. The van der Waals surface area contributed by atoms with Gasteiger partial charge in [0.05, 0.1) is 12.1 Å². The normalized spacial score (nSPS) is 17.7. The Bertz CT molecular complexity index is 783. The van der Waals surface area contributed by atoms with Crippen molar-refractivity contribution in [3.63, 3.8) is 0 Å². The van der Waals surface area contributed by atoms with Gasteiger partial charge < -0.3 is 5.32 Å². The minimum Gasteiger partial charge on any atom is -0.373 e. The minimum atomic E-state index is -0.509. The standard InChI is InChI=1S/C19H20N2O2/c1-12-5-4-6-16(9-12)21-18(22)11-17(19(21)23)20-15-8-7-13(2)14(3)10-15/h4-10,17,20H,11H2,1-3H3/t17-/m0/s1. The number of aryl methyl sites for hydroxylation is 3. The summed E-state index contributed by atoms with van der Waals surface area (Å²) < 4.78 is 0. The predicted molar refractivity (Wildman–Crippen MR) is 91.6 cm³/mol. The third-order valence-corrected chi connectivity index (χ3v) is 4.25. The number of carbonyl (C=O) groups is 2. The Labute approximate surface area is 136 Å². The van der Waals surface area contributed by atoms with Crippen molar-refractivity contribution in [2.45, 2.75) is 33.2 Å². The number of benzene rings is 2. The predicted octanol–water partition coefficient (Wildman–Crippen LogP) is 3.36. The molecule has 1 heterocycles. The number of carbonyl (C=O) groups excluding carboxylic acids is 2. The molecule has 1 N–H and O–H groups in total. The lowest BCUT2D eigenvalue weighted by Crippen LogP contribution is -2.34. The maximum Gasteiger partial charge on any atom is 0.256 e. The first-order valence-corrected chi connectivity index (χ1v) is 7.73. The Balaban J connectivity index is 1.82. The number of nitrogens with zero attached hydrogens (tertiary/aromatic N) is 1. The van der Waals surface area contributed by atoms with Gasteiger partial charge in [-0.1, -0.05) is 18.2 Å². The van der Waals surface area contributed by atoms with Crippen molar-refractivity contribution in [2.24, 2.45) is 0 Å². The van der Waals surface area contributed by atoms with Gasteiger partial charge in [-0.3, -0.25) is 9.59 Å². The molecule has 0 radical (unpaired) electrons. The first-order chi connectivity index (χ1) is 11.0. The van der Waals surface area contributed by atoms with Gasteiger partial charge in [-0.2, -0.15) is 0 Å². The summed E-state index contributed by atoms with van der Waals surface area (Å²) >= 11 is 0. The molecule has 1 aliphatic heterocycles. The number of amides is 2. The largest absolute Gasteiger partial charge is 0.373 e. The van der Waals surface area contributed by atoms with Gasteiger partial charge in [0.25, 0.3) is 5.91 Å². The molecule has 1 aliphatic rings. The maximum absolute atomic E-state index is 12.6. The van der Waals surface area contributed by atoms with Gasteiger partial charge in [0.1, 0.15) is 6.04 Å². The average molecular weight is 308 g/mol. The Kier molecular flexibility index (Phi) is 3.90. The third kappa shape index (κ3) is 2.97. The molecule has 2 aromatic carbocycles. The second-order valence-electron chi connectivity index (χ2n) is 6.11. The van der Waals surface area contributed by atoms with Gasteiger partial charge in [-0.15, -0.1) is 0 Å². The van der Waals surface area contributed by atoms with E-state index in [1.807, 2.05) is 57.2 Å². The van der Waals surface area contributed by atoms with E-state index in [9.17, 15) is 9.59 Å². The number of nitrogens with one attached hydrogen (secondary N) is 1. The number of hydrogen-bond acceptors (Lipinski definition) is 3. The van der Waals surface area contributed by atoms with Crippen molar-refractivity contribution in [3.8, 4) is 0 Å². The molecule has 1 fully saturated rings. The van der Waals surface area contributed by atoms with Gasteiger partial charge in [-0.25, -0.2) is 4.90 Å². The van der Waals surface area contributed by atoms with Crippen LogP contribution < -0.4 is 10.2 Å². The number of hydrogen-bond donors (Lipinski definition) is 1. The summed E-state index contributed by atoms with van der Waals surface area (Å²) in [4.78, 5) is 26.2. The topological polar surface area (TPSA) is 49.4 Å². The van der Waals surface area contributed by atoms with E-state index >= 15 is 0 Å². The SMILES string of the molecule is Cc1cccc(N2C(=O)C[C@H](Nc3ccc(C)c(C)c3)C2=O)c1. The molecule has 0 aliphatic carbocycles. The number of anilines is 2. The molecule has 2 amide bonds. The summed E-state index contributed by atoms with van der Waals surface area (Å²) in [7, 11) is 0. The molecule has 1 atom stereocenters. The van der Waals surface area contributed by atoms with Crippen LogP contribution in [0.1, 0.15) is 23.1 Å². The highest BCUT2D eigenvalue weighted by Crippen LogP contribution is 2.26. The average Bonchev–Trinajstić information content (AvgIpc) is 2.77. The van der Waals surface area contributed by atoms with E-state index in [0.29, 0.717) is 5.69 Å². The lowest BCUT2D eigenvalue weighted by molar-refractivity contribution is -0.121. The van der Waals surface area contributed by atoms with E-state index in [0.717, 1.165) is 16.8 Å². The molecule has 118 valence electrons. The molecule has 1 saturated heterocycles. The van der Waals surface area contributed by atoms with Crippen molar-refractivity contribution in [2.75, 3.05) is 10.2 Å². The van der Waals surface area contributed by atoms with Crippen molar-refractivity contribution >= 4 is 23.2 Å². The zero-order chi connectivity index (χ0) is 16.6. The van der Waals surface area contributed by atoms with E-state index in [-0.39, 0.29) is 18.2 Å². The molecule has 4 nitrogen and oxygen atoms in total. The summed E-state index contributed by atoms with van der Waals surface area (Å²) in [6.07, 6.45) is 0.180. The highest BCUT2D eigenvalue weighted by atomic mass is 16.2. The molecule has 2 aromatic rings. The zero-order valence-corrected chi connectivity index (χ0v) is 13.6. The van der Waals surface area contributed by atoms with Crippen LogP contribution in [0.4, 0.5) is 11.4 Å². The fourth-order valence-electron chi connectivity index (χ4n) is 2.82. The van der Waals surface area contributed by atoms with E-state index < -0.39 is 6.04 Å². The number of imide groups is 1. The van der Waals surface area contributed by atoms with Crippen LogP contribution >= 0.6 is 0 Å². The van der Waals surface area contributed by atoms with E-state index in [1.165, 1.54) is 10.5 Å². The Hall–Kier alpha value is -2.62. The molecule has 0 aromatic heterocycles. The molecular formula is C19H20N2O2. The zero-order valence-electron chi connectivity index (χ0n) is 13.6. The molecule has 0 saturated carbocycles. The van der Waals surface area contributed by atoms with Crippen LogP contribution in [-0.2, 0) is 9.59 Å². The molecule has 23 heavy (non-hydrogen) atoms. The highest BCUT2D eigenvalue weighted by molar-refractivity contribution is 6.23. The lowest BCUT2D eigenvalue weighted by Gasteiger charge is -2.17. The van der Waals surface area contributed by atoms with Gasteiger partial charge in [0.15, 0.2) is 0 Å². The number of rotatable bonds is 3. The summed E-state index contributed by atoms with van der Waals surface area (Å²) in [5.41, 5.74) is 4.89. The highest BCUT2D eigenvalue weighted by Gasteiger charge is 2.39. The molecule has 0 spiro atoms. The summed E-state index contributed by atoms with van der Waals surface area (Å²) in [6, 6.07) is 12.9. The smallest absolute Gasteiger partial charge is 0.256 e. The van der Waals surface area contributed by atoms with Gasteiger partial charge in [0, 0.05) is 5.69 Å². The van der Waals surface area contributed by atoms with Crippen molar-refractivity contribution in [1.29, 1.82) is 0 Å². The quantitative estimate of drug-likeness (QED) is 0.885. The van der Waals surface area contributed by atoms with Crippen LogP contribution in [0.3, 0.4) is 0 Å². The Morgan fingerprint density at radius 3 is 2.48 bits per heavy atom. The van der Waals surface area contributed by atoms with Gasteiger partial charge >= 0.3 is 0 Å². The van der Waals surface area contributed by atoms with Crippen LogP contribution in [-0.4, -0.2) is 17.9 Å². The first kappa shape index (κ1) is 15.3. The second kappa shape index (κ2) is 5.88. The van der Waals surface area contributed by atoms with Crippen LogP contribution in [0.15, 0.2) is 42.5 Å². The van der Waals surface area contributed by atoms with Crippen molar-refractivity contribution in [1.82, 2.24) is 0 Å². The Morgan fingerprint density at radius 1 is 1.00 bits per heavy atom. The molecular weight excluding hydrogens is 288 g/mol. The molecule has 0 bridgehead atoms. The van der Waals surface area contributed by atoms with Crippen LogP contribution in [0.2, 0.25) is 0 Å². The fraction of sp³-hybridized carbons (Fsp3) is 0.263. The maximum atomic E-state index is 12.6. The lowest BCUT2D eigenvalue weighted by atomic mass is 10.1. The van der Waals surface area contributed by atoms with Gasteiger partial charge in [-0.05, 0) is 61.7 Å². The third-order valence-electron chi connectivity index (χ3n) is 4.25. The van der Waals surface area contributed by atoms with E-state index in [1.54, 1.807) is 6.07 Å². The fourth-order valence-corrected chi connectivity index (χ4v) is 2.82. The van der Waals surface area contributed by atoms with E-state index in [2.05, 4.69) is 5.32 Å². The summed E-state index contributed by atoms with van der Waals surface area (Å²) in [5, 5.41) is 3.19. The van der Waals surface area contributed by atoms with E-state index in [4.69, 9.17) is 0 Å². The Morgan fingerprint density at radius 2 is 1.78 bits per heavy atom. The molecule has 3 rings (SSSR count). The van der Waals surface area contributed by atoms with Crippen LogP contribution in [0.5, 0.6) is 0 Å². The monoisotopic (exact) mass is 308 g/mol.